The molecule has 1 saturated carbocycles. The molecule has 1 aliphatic rings. The zero-order chi connectivity index (χ0) is 15.2. The van der Waals surface area contributed by atoms with Crippen LogP contribution in [0.15, 0.2) is 18.9 Å². The minimum Gasteiger partial charge on any atom is -0.362 e. The molecule has 1 fully saturated rings. The van der Waals surface area contributed by atoms with Crippen molar-refractivity contribution in [1.29, 1.82) is 0 Å². The number of nitrogens with zero attached hydrogens (tertiary/aromatic N) is 3. The molecule has 0 bridgehead atoms. The first-order chi connectivity index (χ1) is 10.2. The molecule has 0 radical (unpaired) electrons. The van der Waals surface area contributed by atoms with Crippen LogP contribution < -0.4 is 10.2 Å². The average Bonchev–Trinajstić information content (AvgIpc) is 3.30. The summed E-state index contributed by atoms with van der Waals surface area (Å²) < 4.78 is 0. The molecule has 0 unspecified atom stereocenters. The Morgan fingerprint density at radius 2 is 2.24 bits per heavy atom. The minimum atomic E-state index is 0.359. The van der Waals surface area contributed by atoms with Crippen LogP contribution in [0.1, 0.15) is 57.5 Å². The van der Waals surface area contributed by atoms with E-state index in [4.69, 9.17) is 4.98 Å². The van der Waals surface area contributed by atoms with Crippen LogP contribution in [0.3, 0.4) is 0 Å². The lowest BCUT2D eigenvalue weighted by Gasteiger charge is -2.25. The molecule has 4 heteroatoms. The van der Waals surface area contributed by atoms with Crippen molar-refractivity contribution in [1.82, 2.24) is 15.3 Å². The Morgan fingerprint density at radius 1 is 1.48 bits per heavy atom. The Morgan fingerprint density at radius 3 is 2.81 bits per heavy atom. The fourth-order valence-electron chi connectivity index (χ4n) is 2.43. The van der Waals surface area contributed by atoms with Crippen LogP contribution in [0.4, 0.5) is 5.69 Å². The van der Waals surface area contributed by atoms with Crippen LogP contribution in [0, 0.1) is 0 Å². The molecule has 0 atom stereocenters. The summed E-state index contributed by atoms with van der Waals surface area (Å²) in [5.74, 6) is 1.29. The van der Waals surface area contributed by atoms with Gasteiger partial charge >= 0.3 is 0 Å². The second-order valence-corrected chi connectivity index (χ2v) is 6.06. The maximum absolute atomic E-state index is 4.81. The summed E-state index contributed by atoms with van der Waals surface area (Å²) in [5.41, 5.74) is 2.29. The molecule has 0 spiro atoms. The maximum Gasteiger partial charge on any atom is 0.131 e. The largest absolute Gasteiger partial charge is 0.362 e. The van der Waals surface area contributed by atoms with Crippen molar-refractivity contribution >= 4 is 5.69 Å². The molecular weight excluding hydrogens is 260 g/mol. The van der Waals surface area contributed by atoms with Gasteiger partial charge in [0.1, 0.15) is 5.82 Å². The lowest BCUT2D eigenvalue weighted by atomic mass is 10.2. The Labute approximate surface area is 128 Å². The van der Waals surface area contributed by atoms with E-state index in [1.165, 1.54) is 18.5 Å². The lowest BCUT2D eigenvalue weighted by Crippen LogP contribution is -2.29. The van der Waals surface area contributed by atoms with Gasteiger partial charge in [-0.05, 0) is 25.8 Å². The van der Waals surface area contributed by atoms with E-state index >= 15 is 0 Å². The lowest BCUT2D eigenvalue weighted by molar-refractivity contribution is 0.648. The first-order valence-corrected chi connectivity index (χ1v) is 8.11. The molecule has 0 aliphatic heterocycles. The fraction of sp³-hybridized carbons (Fsp3) is 0.647. The highest BCUT2D eigenvalue weighted by atomic mass is 15.2. The number of anilines is 1. The minimum absolute atomic E-state index is 0.359. The highest BCUT2D eigenvalue weighted by molar-refractivity contribution is 5.52. The quantitative estimate of drug-likeness (QED) is 0.559. The van der Waals surface area contributed by atoms with Crippen molar-refractivity contribution in [3.63, 3.8) is 0 Å². The molecule has 1 aromatic heterocycles. The van der Waals surface area contributed by atoms with E-state index in [1.54, 1.807) is 0 Å². The van der Waals surface area contributed by atoms with E-state index in [0.29, 0.717) is 12.0 Å². The van der Waals surface area contributed by atoms with Crippen molar-refractivity contribution in [3.8, 4) is 0 Å². The van der Waals surface area contributed by atoms with E-state index < -0.39 is 0 Å². The van der Waals surface area contributed by atoms with Crippen molar-refractivity contribution in [3.05, 3.63) is 30.4 Å². The second kappa shape index (κ2) is 7.55. The summed E-state index contributed by atoms with van der Waals surface area (Å²) in [6, 6.07) is 0.640. The van der Waals surface area contributed by atoms with Crippen LogP contribution in [0.5, 0.6) is 0 Å². The van der Waals surface area contributed by atoms with Gasteiger partial charge in [-0.15, -0.1) is 6.58 Å². The summed E-state index contributed by atoms with van der Waals surface area (Å²) in [4.78, 5) is 11.8. The van der Waals surface area contributed by atoms with Gasteiger partial charge in [-0.3, -0.25) is 0 Å². The smallest absolute Gasteiger partial charge is 0.131 e. The predicted molar refractivity (Wildman–Crippen MR) is 88.7 cm³/mol. The number of rotatable bonds is 9. The summed E-state index contributed by atoms with van der Waals surface area (Å²) >= 11 is 0. The van der Waals surface area contributed by atoms with Crippen molar-refractivity contribution in [2.45, 2.75) is 58.5 Å². The van der Waals surface area contributed by atoms with E-state index in [2.05, 4.69) is 42.6 Å². The zero-order valence-corrected chi connectivity index (χ0v) is 13.6. The molecule has 2 rings (SSSR count). The zero-order valence-electron chi connectivity index (χ0n) is 13.6. The van der Waals surface area contributed by atoms with E-state index in [-0.39, 0.29) is 0 Å². The second-order valence-electron chi connectivity index (χ2n) is 6.06. The van der Waals surface area contributed by atoms with Gasteiger partial charge in [-0.1, -0.05) is 26.8 Å². The first-order valence-electron chi connectivity index (χ1n) is 8.11. The third kappa shape index (κ3) is 4.27. The topological polar surface area (TPSA) is 41.1 Å². The molecular formula is C17H28N4. The van der Waals surface area contributed by atoms with Crippen LogP contribution in [-0.4, -0.2) is 29.1 Å². The summed E-state index contributed by atoms with van der Waals surface area (Å²) in [6.07, 6.45) is 7.64. The Bertz CT molecular complexity index is 466. The molecule has 4 nitrogen and oxygen atoms in total. The highest BCUT2D eigenvalue weighted by Crippen LogP contribution is 2.33. The number of nitrogens with one attached hydrogen (secondary N) is 1. The van der Waals surface area contributed by atoms with Crippen molar-refractivity contribution in [2.75, 3.05) is 18.0 Å². The van der Waals surface area contributed by atoms with Gasteiger partial charge in [0.25, 0.3) is 0 Å². The highest BCUT2D eigenvalue weighted by Gasteiger charge is 2.30. The van der Waals surface area contributed by atoms with Gasteiger partial charge in [-0.25, -0.2) is 9.97 Å². The summed E-state index contributed by atoms with van der Waals surface area (Å²) in [6.45, 7) is 13.1. The van der Waals surface area contributed by atoms with Gasteiger partial charge in [0.15, 0.2) is 0 Å². The number of hydrogen-bond donors (Lipinski definition) is 1. The van der Waals surface area contributed by atoms with Crippen LogP contribution >= 0.6 is 0 Å². The van der Waals surface area contributed by atoms with Gasteiger partial charge in [0, 0.05) is 25.0 Å². The summed E-state index contributed by atoms with van der Waals surface area (Å²) in [5, 5.41) is 3.47. The molecule has 0 saturated heterocycles. The Hall–Kier alpha value is -1.42. The molecule has 21 heavy (non-hydrogen) atoms. The van der Waals surface area contributed by atoms with E-state index in [9.17, 15) is 0 Å². The first kappa shape index (κ1) is 16.0. The molecule has 1 heterocycles. The average molecular weight is 288 g/mol. The van der Waals surface area contributed by atoms with Crippen LogP contribution in [0.25, 0.3) is 0 Å². The molecule has 1 aliphatic carbocycles. The maximum atomic E-state index is 4.81. The van der Waals surface area contributed by atoms with Crippen LogP contribution in [0.2, 0.25) is 0 Å². The molecule has 116 valence electrons. The van der Waals surface area contributed by atoms with Crippen LogP contribution in [-0.2, 0) is 6.54 Å². The molecule has 1 aromatic rings. The van der Waals surface area contributed by atoms with Gasteiger partial charge in [0.05, 0.1) is 17.6 Å². The van der Waals surface area contributed by atoms with E-state index in [1.807, 2.05) is 12.3 Å². The number of aromatic nitrogens is 2. The van der Waals surface area contributed by atoms with Crippen molar-refractivity contribution < 1.29 is 0 Å². The monoisotopic (exact) mass is 288 g/mol. The third-order valence-electron chi connectivity index (χ3n) is 3.72. The molecule has 1 N–H and O–H groups in total. The molecule has 0 amide bonds. The van der Waals surface area contributed by atoms with E-state index in [0.717, 1.165) is 37.6 Å². The number of hydrogen-bond acceptors (Lipinski definition) is 4. The SMILES string of the molecule is C=CCN(c1cnc(C(C)C)nc1CNCCC)C1CC1. The fourth-order valence-corrected chi connectivity index (χ4v) is 2.43. The Balaban J connectivity index is 2.25. The predicted octanol–water partition coefficient (Wildman–Crippen LogP) is 3.25. The van der Waals surface area contributed by atoms with Crippen molar-refractivity contribution in [2.24, 2.45) is 0 Å². The standard InChI is InChI=1S/C17H28N4/c1-5-9-18-11-15-16(12-19-17(20-15)13(3)4)21(10-6-2)14-7-8-14/h6,12-14,18H,2,5,7-11H2,1,3-4H3. The third-order valence-corrected chi connectivity index (χ3v) is 3.72. The Kier molecular flexibility index (Phi) is 5.74. The van der Waals surface area contributed by atoms with Gasteiger partial charge < -0.3 is 10.2 Å². The molecule has 0 aromatic carbocycles. The normalized spacial score (nSPS) is 14.5. The summed E-state index contributed by atoms with van der Waals surface area (Å²) in [7, 11) is 0. The van der Waals surface area contributed by atoms with Gasteiger partial charge in [0.2, 0.25) is 0 Å². The van der Waals surface area contributed by atoms with Gasteiger partial charge in [-0.2, -0.15) is 0 Å².